The van der Waals surface area contributed by atoms with Crippen LogP contribution in [0, 0.1) is 0 Å². The predicted molar refractivity (Wildman–Crippen MR) is 131 cm³/mol. The minimum Gasteiger partial charge on any atom is -0.486 e. The lowest BCUT2D eigenvalue weighted by Gasteiger charge is -2.21. The summed E-state index contributed by atoms with van der Waals surface area (Å²) in [5, 5.41) is 11.9. The van der Waals surface area contributed by atoms with Crippen LogP contribution in [0.1, 0.15) is 20.8 Å². The van der Waals surface area contributed by atoms with Gasteiger partial charge in [-0.2, -0.15) is 0 Å². The van der Waals surface area contributed by atoms with E-state index in [1.165, 1.54) is 17.4 Å². The summed E-state index contributed by atoms with van der Waals surface area (Å²) < 4.78 is 13.0. The summed E-state index contributed by atoms with van der Waals surface area (Å²) in [6.45, 7) is 9.11. The van der Waals surface area contributed by atoms with Crippen LogP contribution in [-0.2, 0) is 11.8 Å². The summed E-state index contributed by atoms with van der Waals surface area (Å²) in [7, 11) is 1.92. The van der Waals surface area contributed by atoms with Crippen molar-refractivity contribution in [1.82, 2.24) is 14.8 Å². The first-order valence-electron chi connectivity index (χ1n) is 11.1. The van der Waals surface area contributed by atoms with Gasteiger partial charge in [-0.15, -0.1) is 10.2 Å². The molecule has 0 radical (unpaired) electrons. The lowest BCUT2D eigenvalue weighted by atomic mass is 10.2. The van der Waals surface area contributed by atoms with Crippen LogP contribution in [0.3, 0.4) is 0 Å². The van der Waals surface area contributed by atoms with Gasteiger partial charge in [0, 0.05) is 43.1 Å². The number of anilines is 2. The highest BCUT2D eigenvalue weighted by atomic mass is 32.2. The lowest BCUT2D eigenvalue weighted by molar-refractivity contribution is -0.115. The first-order chi connectivity index (χ1) is 16.0. The third-order valence-electron chi connectivity index (χ3n) is 5.55. The third-order valence-corrected chi connectivity index (χ3v) is 6.68. The number of carbonyl (C=O) groups is 1. The fraction of sp³-hybridized carbons (Fsp3) is 0.375. The average Bonchev–Trinajstić information content (AvgIpc) is 3.20. The Morgan fingerprint density at radius 3 is 2.48 bits per heavy atom. The van der Waals surface area contributed by atoms with E-state index < -0.39 is 0 Å². The topological polar surface area (TPSA) is 81.5 Å². The van der Waals surface area contributed by atoms with E-state index in [4.69, 9.17) is 9.47 Å². The molecule has 0 saturated carbocycles. The lowest BCUT2D eigenvalue weighted by Crippen LogP contribution is -2.23. The van der Waals surface area contributed by atoms with Crippen LogP contribution < -0.4 is 19.7 Å². The summed E-state index contributed by atoms with van der Waals surface area (Å²) in [6, 6.07) is 13.7. The normalized spacial score (nSPS) is 13.5. The summed E-state index contributed by atoms with van der Waals surface area (Å²) in [5.41, 5.74) is 2.84. The minimum absolute atomic E-state index is 0.121. The number of hydrogen-bond acceptors (Lipinski definition) is 7. The van der Waals surface area contributed by atoms with Crippen LogP contribution in [0.15, 0.2) is 47.6 Å². The summed E-state index contributed by atoms with van der Waals surface area (Å²) in [4.78, 5) is 15.1. The Bertz CT molecular complexity index is 1110. The van der Waals surface area contributed by atoms with Crippen LogP contribution in [0.4, 0.5) is 11.4 Å². The van der Waals surface area contributed by atoms with Gasteiger partial charge < -0.3 is 24.3 Å². The van der Waals surface area contributed by atoms with Crippen molar-refractivity contribution in [3.63, 3.8) is 0 Å². The Morgan fingerprint density at radius 1 is 1.09 bits per heavy atom. The molecule has 2 heterocycles. The highest BCUT2D eigenvalue weighted by Gasteiger charge is 2.21. The third kappa shape index (κ3) is 5.08. The van der Waals surface area contributed by atoms with E-state index in [-0.39, 0.29) is 11.2 Å². The van der Waals surface area contributed by atoms with Gasteiger partial charge in [-0.05, 0) is 57.2 Å². The second-order valence-electron chi connectivity index (χ2n) is 7.69. The number of benzene rings is 2. The SMILES string of the molecule is CCN(CC)c1ccc(-c2nnc(SC(C)C(=O)Nc3ccc4c(c3)OCCO4)n2C)cc1. The Balaban J connectivity index is 1.41. The summed E-state index contributed by atoms with van der Waals surface area (Å²) in [6.07, 6.45) is 0. The maximum atomic E-state index is 12.8. The monoisotopic (exact) mass is 467 g/mol. The van der Waals surface area contributed by atoms with E-state index in [0.29, 0.717) is 35.6 Å². The van der Waals surface area contributed by atoms with E-state index in [9.17, 15) is 4.79 Å². The molecule has 1 amide bonds. The second-order valence-corrected chi connectivity index (χ2v) is 9.00. The van der Waals surface area contributed by atoms with Crippen LogP contribution in [0.2, 0.25) is 0 Å². The van der Waals surface area contributed by atoms with Crippen molar-refractivity contribution in [1.29, 1.82) is 0 Å². The average molecular weight is 468 g/mol. The number of aromatic nitrogens is 3. The van der Waals surface area contributed by atoms with Crippen molar-refractivity contribution in [2.75, 3.05) is 36.5 Å². The zero-order valence-corrected chi connectivity index (χ0v) is 20.2. The van der Waals surface area contributed by atoms with Crippen LogP contribution >= 0.6 is 11.8 Å². The van der Waals surface area contributed by atoms with Gasteiger partial charge in [-0.1, -0.05) is 11.8 Å². The number of thioether (sulfide) groups is 1. The first-order valence-corrected chi connectivity index (χ1v) is 12.0. The number of amides is 1. The molecule has 1 unspecified atom stereocenters. The van der Waals surface area contributed by atoms with Gasteiger partial charge in [0.05, 0.1) is 5.25 Å². The Hall–Kier alpha value is -3.20. The summed E-state index contributed by atoms with van der Waals surface area (Å²) >= 11 is 1.37. The number of hydrogen-bond donors (Lipinski definition) is 1. The second kappa shape index (κ2) is 10.2. The van der Waals surface area contributed by atoms with Gasteiger partial charge in [0.2, 0.25) is 5.91 Å². The molecule has 1 atom stereocenters. The highest BCUT2D eigenvalue weighted by molar-refractivity contribution is 8.00. The van der Waals surface area contributed by atoms with E-state index in [2.05, 4.69) is 58.5 Å². The molecule has 1 N–H and O–H groups in total. The van der Waals surface area contributed by atoms with Gasteiger partial charge in [-0.25, -0.2) is 0 Å². The molecule has 0 fully saturated rings. The van der Waals surface area contributed by atoms with Gasteiger partial charge >= 0.3 is 0 Å². The fourth-order valence-corrected chi connectivity index (χ4v) is 4.47. The molecule has 1 aromatic heterocycles. The molecule has 1 aliphatic heterocycles. The number of nitrogens with zero attached hydrogens (tertiary/aromatic N) is 4. The molecule has 3 aromatic rings. The van der Waals surface area contributed by atoms with Crippen LogP contribution in [0.5, 0.6) is 11.5 Å². The molecule has 0 aliphatic carbocycles. The van der Waals surface area contributed by atoms with Crippen molar-refractivity contribution < 1.29 is 14.3 Å². The molecule has 33 heavy (non-hydrogen) atoms. The van der Waals surface area contributed by atoms with Crippen molar-refractivity contribution in [2.24, 2.45) is 7.05 Å². The molecule has 174 valence electrons. The molecular formula is C24H29N5O3S. The highest BCUT2D eigenvalue weighted by Crippen LogP contribution is 2.33. The molecule has 8 nitrogen and oxygen atoms in total. The Morgan fingerprint density at radius 2 is 1.79 bits per heavy atom. The first kappa shape index (κ1) is 23.0. The molecule has 1 aliphatic rings. The van der Waals surface area contributed by atoms with E-state index in [1.807, 2.05) is 30.7 Å². The smallest absolute Gasteiger partial charge is 0.237 e. The molecule has 4 rings (SSSR count). The van der Waals surface area contributed by atoms with Gasteiger partial charge in [0.15, 0.2) is 22.5 Å². The largest absolute Gasteiger partial charge is 0.486 e. The van der Waals surface area contributed by atoms with Gasteiger partial charge in [0.1, 0.15) is 13.2 Å². The van der Waals surface area contributed by atoms with Crippen molar-refractivity contribution >= 4 is 29.0 Å². The molecule has 0 saturated heterocycles. The Kier molecular flexibility index (Phi) is 7.08. The molecular weight excluding hydrogens is 438 g/mol. The van der Waals surface area contributed by atoms with Gasteiger partial charge in [-0.3, -0.25) is 4.79 Å². The Labute approximate surface area is 198 Å². The van der Waals surface area contributed by atoms with Crippen molar-refractivity contribution in [3.05, 3.63) is 42.5 Å². The number of nitrogens with one attached hydrogen (secondary N) is 1. The summed E-state index contributed by atoms with van der Waals surface area (Å²) in [5.74, 6) is 1.98. The predicted octanol–water partition coefficient (Wildman–Crippen LogP) is 4.22. The maximum absolute atomic E-state index is 12.8. The number of ether oxygens (including phenoxy) is 2. The molecule has 0 spiro atoms. The van der Waals surface area contributed by atoms with Crippen LogP contribution in [-0.4, -0.2) is 52.2 Å². The van der Waals surface area contributed by atoms with Crippen LogP contribution in [0.25, 0.3) is 11.4 Å². The zero-order valence-electron chi connectivity index (χ0n) is 19.4. The maximum Gasteiger partial charge on any atom is 0.237 e. The number of fused-ring (bicyclic) bond motifs is 1. The molecule has 9 heteroatoms. The molecule has 0 bridgehead atoms. The molecule has 2 aromatic carbocycles. The van der Waals surface area contributed by atoms with Crippen molar-refractivity contribution in [3.8, 4) is 22.9 Å². The van der Waals surface area contributed by atoms with Crippen molar-refractivity contribution in [2.45, 2.75) is 31.2 Å². The number of carbonyl (C=O) groups excluding carboxylic acids is 1. The minimum atomic E-state index is -0.362. The number of rotatable bonds is 8. The van der Waals surface area contributed by atoms with E-state index in [0.717, 1.165) is 24.5 Å². The standard InChI is InChI=1S/C24H29N5O3S/c1-5-29(6-2)19-10-7-17(8-11-19)22-26-27-24(28(22)4)33-16(3)23(30)25-18-9-12-20-21(15-18)32-14-13-31-20/h7-12,15-16H,5-6,13-14H2,1-4H3,(H,25,30). The zero-order chi connectivity index (χ0) is 23.4. The fourth-order valence-electron chi connectivity index (χ4n) is 3.66. The van der Waals surface area contributed by atoms with Gasteiger partial charge in [0.25, 0.3) is 0 Å². The van der Waals surface area contributed by atoms with E-state index in [1.54, 1.807) is 6.07 Å². The quantitative estimate of drug-likeness (QED) is 0.497. The van der Waals surface area contributed by atoms with E-state index >= 15 is 0 Å².